The van der Waals surface area contributed by atoms with E-state index in [-0.39, 0.29) is 24.1 Å². The van der Waals surface area contributed by atoms with Gasteiger partial charge in [-0.2, -0.15) is 0 Å². The number of rotatable bonds is 11. The zero-order valence-electron chi connectivity index (χ0n) is 20.3. The van der Waals surface area contributed by atoms with E-state index in [0.717, 1.165) is 49.3 Å². The van der Waals surface area contributed by atoms with E-state index in [2.05, 4.69) is 23.7 Å². The van der Waals surface area contributed by atoms with Crippen molar-refractivity contribution in [2.24, 2.45) is 11.8 Å². The molecule has 3 heterocycles. The predicted octanol–water partition coefficient (Wildman–Crippen LogP) is 2.86. The number of hydrogen-bond acceptors (Lipinski definition) is 7. The Morgan fingerprint density at radius 2 is 1.88 bits per heavy atom. The van der Waals surface area contributed by atoms with Crippen LogP contribution in [0.25, 0.3) is 0 Å². The Morgan fingerprint density at radius 3 is 2.42 bits per heavy atom. The highest BCUT2D eigenvalue weighted by Crippen LogP contribution is 2.41. The molecule has 184 valence electrons. The molecule has 0 bridgehead atoms. The van der Waals surface area contributed by atoms with Crippen molar-refractivity contribution in [1.82, 2.24) is 19.1 Å². The molecule has 2 amide bonds. The van der Waals surface area contributed by atoms with Gasteiger partial charge in [0, 0.05) is 6.54 Å². The van der Waals surface area contributed by atoms with Gasteiger partial charge in [-0.25, -0.2) is 17.7 Å². The van der Waals surface area contributed by atoms with Gasteiger partial charge in [0.15, 0.2) is 5.69 Å². The fourth-order valence-electron chi connectivity index (χ4n) is 4.63. The summed E-state index contributed by atoms with van der Waals surface area (Å²) in [5.41, 5.74) is 0.543. The van der Waals surface area contributed by atoms with Crippen LogP contribution in [0.1, 0.15) is 69.8 Å². The molecule has 1 aromatic heterocycles. The number of hydrogen-bond donors (Lipinski definition) is 0. The van der Waals surface area contributed by atoms with E-state index in [9.17, 15) is 18.0 Å². The summed E-state index contributed by atoms with van der Waals surface area (Å²) >= 11 is 0. The van der Waals surface area contributed by atoms with Crippen molar-refractivity contribution in [2.75, 3.05) is 25.9 Å². The van der Waals surface area contributed by atoms with Gasteiger partial charge in [0.1, 0.15) is 6.26 Å². The van der Waals surface area contributed by atoms with Crippen molar-refractivity contribution in [1.29, 1.82) is 0 Å². The number of nitrogens with zero attached hydrogens (tertiary/aromatic N) is 4. The molecule has 0 spiro atoms. The summed E-state index contributed by atoms with van der Waals surface area (Å²) in [6.45, 7) is 10.7. The van der Waals surface area contributed by atoms with Crippen LogP contribution < -0.4 is 0 Å². The highest BCUT2D eigenvalue weighted by atomic mass is 32.2. The second-order valence-electron chi connectivity index (χ2n) is 9.28. The van der Waals surface area contributed by atoms with Gasteiger partial charge >= 0.3 is 0 Å². The highest BCUT2D eigenvalue weighted by Gasteiger charge is 2.55. The number of aromatic nitrogens is 1. The van der Waals surface area contributed by atoms with Crippen LogP contribution in [0.4, 0.5) is 0 Å². The number of carbonyl (C=O) groups excluding carboxylic acids is 2. The molecule has 1 aromatic rings. The number of fused-ring (bicyclic) bond motifs is 1. The number of carbonyl (C=O) groups is 2. The Morgan fingerprint density at radius 1 is 1.24 bits per heavy atom. The minimum atomic E-state index is -3.77. The molecule has 2 atom stereocenters. The van der Waals surface area contributed by atoms with Gasteiger partial charge in [-0.05, 0) is 37.9 Å². The number of sulfonamides is 1. The Labute approximate surface area is 196 Å². The monoisotopic (exact) mass is 480 g/mol. The molecule has 1 fully saturated rings. The number of unbranched alkanes of at least 4 members (excludes halogenated alkanes) is 2. The van der Waals surface area contributed by atoms with Gasteiger partial charge < -0.3 is 9.32 Å². The quantitative estimate of drug-likeness (QED) is 0.480. The number of amides is 2. The lowest BCUT2D eigenvalue weighted by Crippen LogP contribution is -2.43. The second-order valence-corrected chi connectivity index (χ2v) is 11.1. The van der Waals surface area contributed by atoms with Gasteiger partial charge in [-0.3, -0.25) is 14.5 Å². The summed E-state index contributed by atoms with van der Waals surface area (Å²) in [5.74, 6) is -1.11. The maximum atomic E-state index is 13.3. The van der Waals surface area contributed by atoms with Crippen molar-refractivity contribution < 1.29 is 22.4 Å². The molecule has 2 aliphatic heterocycles. The van der Waals surface area contributed by atoms with Crippen LogP contribution in [0, 0.1) is 11.8 Å². The van der Waals surface area contributed by atoms with Crippen molar-refractivity contribution in [2.45, 2.75) is 66.0 Å². The van der Waals surface area contributed by atoms with Crippen LogP contribution in [-0.4, -0.2) is 71.3 Å². The van der Waals surface area contributed by atoms with Gasteiger partial charge in [0.2, 0.25) is 21.8 Å². The molecule has 0 saturated carbocycles. The molecule has 0 aromatic carbocycles. The third-order valence-electron chi connectivity index (χ3n) is 6.29. The molecular formula is C23H36N4O5S. The lowest BCUT2D eigenvalue weighted by atomic mass is 9.89. The minimum Gasteiger partial charge on any atom is -0.447 e. The standard InChI is InChI=1S/C23H36N4O5S/c1-6-8-11-25(12-9-7-2)14-19-24-17(15-32-19)22(28)26-13-10-18-21(26)20(16(3)4)23(29)27(18)33(5,30)31/h10,15-16,20-21H,6-9,11-14H2,1-5H3/t20-,21+/m0/s1. The molecular weight excluding hydrogens is 444 g/mol. The summed E-state index contributed by atoms with van der Waals surface area (Å²) in [5, 5.41) is 0. The van der Waals surface area contributed by atoms with Crippen LogP contribution in [0.15, 0.2) is 22.5 Å². The van der Waals surface area contributed by atoms with Crippen LogP contribution in [0.2, 0.25) is 0 Å². The van der Waals surface area contributed by atoms with Crippen LogP contribution in [-0.2, 0) is 21.4 Å². The first kappa shape index (κ1) is 25.4. The average molecular weight is 481 g/mol. The molecule has 33 heavy (non-hydrogen) atoms. The van der Waals surface area contributed by atoms with Gasteiger partial charge in [0.05, 0.1) is 30.5 Å². The first-order valence-electron chi connectivity index (χ1n) is 11.8. The Hall–Kier alpha value is -2.20. The van der Waals surface area contributed by atoms with E-state index < -0.39 is 27.9 Å². The topological polar surface area (TPSA) is 104 Å². The normalized spacial score (nSPS) is 20.8. The fraction of sp³-hybridized carbons (Fsp3) is 0.696. The average Bonchev–Trinajstić information content (AvgIpc) is 3.42. The largest absolute Gasteiger partial charge is 0.447 e. The van der Waals surface area contributed by atoms with Crippen molar-refractivity contribution in [3.8, 4) is 0 Å². The lowest BCUT2D eigenvalue weighted by Gasteiger charge is -2.28. The third kappa shape index (κ3) is 5.32. The van der Waals surface area contributed by atoms with Gasteiger partial charge in [0.25, 0.3) is 5.91 Å². The summed E-state index contributed by atoms with van der Waals surface area (Å²) in [7, 11) is -3.77. The summed E-state index contributed by atoms with van der Waals surface area (Å²) in [6, 6.07) is -0.620. The second kappa shape index (κ2) is 10.4. The Bertz CT molecular complexity index is 992. The number of oxazole rings is 1. The van der Waals surface area contributed by atoms with Crippen molar-refractivity contribution in [3.05, 3.63) is 29.6 Å². The van der Waals surface area contributed by atoms with Crippen LogP contribution in [0.5, 0.6) is 0 Å². The molecule has 0 N–H and O–H groups in total. The molecule has 0 radical (unpaired) electrons. The maximum Gasteiger partial charge on any atom is 0.276 e. The smallest absolute Gasteiger partial charge is 0.276 e. The van der Waals surface area contributed by atoms with E-state index in [1.807, 2.05) is 13.8 Å². The SMILES string of the molecule is CCCCN(CCCC)Cc1nc(C(=O)N2CC=C3[C@@H]2[C@H](C(C)C)C(=O)N3S(C)(=O)=O)co1. The lowest BCUT2D eigenvalue weighted by molar-refractivity contribution is -0.128. The Balaban J connectivity index is 1.78. The van der Waals surface area contributed by atoms with E-state index in [1.165, 1.54) is 11.2 Å². The summed E-state index contributed by atoms with van der Waals surface area (Å²) < 4.78 is 31.1. The molecule has 10 heteroatoms. The molecule has 9 nitrogen and oxygen atoms in total. The zero-order valence-corrected chi connectivity index (χ0v) is 21.1. The van der Waals surface area contributed by atoms with Crippen LogP contribution in [0.3, 0.4) is 0 Å². The predicted molar refractivity (Wildman–Crippen MR) is 125 cm³/mol. The van der Waals surface area contributed by atoms with Crippen LogP contribution >= 0.6 is 0 Å². The van der Waals surface area contributed by atoms with Crippen molar-refractivity contribution >= 4 is 21.8 Å². The Kier molecular flexibility index (Phi) is 8.00. The summed E-state index contributed by atoms with van der Waals surface area (Å²) in [6.07, 6.45) is 8.41. The molecule has 1 saturated heterocycles. The van der Waals surface area contributed by atoms with E-state index >= 15 is 0 Å². The molecule has 2 aliphatic rings. The zero-order chi connectivity index (χ0) is 24.3. The van der Waals surface area contributed by atoms with Gasteiger partial charge in [-0.15, -0.1) is 0 Å². The third-order valence-corrected chi connectivity index (χ3v) is 7.35. The summed E-state index contributed by atoms with van der Waals surface area (Å²) in [4.78, 5) is 34.5. The first-order chi connectivity index (χ1) is 15.6. The van der Waals surface area contributed by atoms with Crippen molar-refractivity contribution in [3.63, 3.8) is 0 Å². The molecule has 3 rings (SSSR count). The van der Waals surface area contributed by atoms with E-state index in [4.69, 9.17) is 4.42 Å². The fourth-order valence-corrected chi connectivity index (χ4v) is 5.65. The first-order valence-corrected chi connectivity index (χ1v) is 13.7. The van der Waals surface area contributed by atoms with Gasteiger partial charge in [-0.1, -0.05) is 40.5 Å². The van der Waals surface area contributed by atoms with E-state index in [0.29, 0.717) is 18.1 Å². The molecule has 0 aliphatic carbocycles. The maximum absolute atomic E-state index is 13.3. The highest BCUT2D eigenvalue weighted by molar-refractivity contribution is 7.89. The van der Waals surface area contributed by atoms with E-state index in [1.54, 1.807) is 6.08 Å². The minimum absolute atomic E-state index is 0.135. The molecule has 0 unspecified atom stereocenters.